The first kappa shape index (κ1) is 15.2. The summed E-state index contributed by atoms with van der Waals surface area (Å²) in [5, 5.41) is 0.269. The Morgan fingerprint density at radius 3 is 2.55 bits per heavy atom. The predicted octanol–water partition coefficient (Wildman–Crippen LogP) is 4.81. The van der Waals surface area contributed by atoms with E-state index in [1.165, 1.54) is 18.2 Å². The highest BCUT2D eigenvalue weighted by atomic mass is 79.9. The molecule has 0 saturated heterocycles. The van der Waals surface area contributed by atoms with Crippen molar-refractivity contribution in [2.24, 2.45) is 5.73 Å². The van der Waals surface area contributed by atoms with E-state index in [0.717, 1.165) is 6.07 Å². The number of hydrogen-bond acceptors (Lipinski definition) is 2. The van der Waals surface area contributed by atoms with Gasteiger partial charge in [-0.1, -0.05) is 39.7 Å². The first-order valence-electron chi connectivity index (χ1n) is 5.30. The van der Waals surface area contributed by atoms with E-state index in [9.17, 15) is 8.78 Å². The van der Waals surface area contributed by atoms with Gasteiger partial charge in [0, 0.05) is 16.1 Å². The molecule has 2 N–H and O–H groups in total. The third-order valence-corrected chi connectivity index (χ3v) is 3.38. The maximum atomic E-state index is 13.6. The van der Waals surface area contributed by atoms with E-state index in [1.54, 1.807) is 6.07 Å². The minimum absolute atomic E-state index is 0.140. The molecule has 0 atom stereocenters. The highest BCUT2D eigenvalue weighted by Gasteiger charge is 2.13. The number of benzene rings is 2. The average Bonchev–Trinajstić information content (AvgIpc) is 2.35. The van der Waals surface area contributed by atoms with Crippen molar-refractivity contribution in [2.75, 3.05) is 0 Å². The molecule has 0 fully saturated rings. The molecule has 2 aromatic rings. The molecule has 0 aliphatic rings. The lowest BCUT2D eigenvalue weighted by atomic mass is 10.2. The minimum atomic E-state index is -1.08. The van der Waals surface area contributed by atoms with Gasteiger partial charge in [-0.2, -0.15) is 4.39 Å². The van der Waals surface area contributed by atoms with Crippen molar-refractivity contribution in [2.45, 2.75) is 0 Å². The van der Waals surface area contributed by atoms with Crippen LogP contribution in [0.1, 0.15) is 5.56 Å². The van der Waals surface area contributed by atoms with Crippen LogP contribution in [0.15, 0.2) is 34.8 Å². The quantitative estimate of drug-likeness (QED) is 0.615. The molecule has 0 amide bonds. The highest BCUT2D eigenvalue weighted by molar-refractivity contribution is 9.10. The van der Waals surface area contributed by atoms with Crippen LogP contribution in [0.25, 0.3) is 0 Å². The smallest absolute Gasteiger partial charge is 0.201 e. The van der Waals surface area contributed by atoms with Crippen LogP contribution >= 0.6 is 39.7 Å². The van der Waals surface area contributed by atoms with Gasteiger partial charge < -0.3 is 10.5 Å². The van der Waals surface area contributed by atoms with Gasteiger partial charge in [0.15, 0.2) is 11.6 Å². The number of rotatable bonds is 3. The second-order valence-corrected chi connectivity index (χ2v) is 5.57. The average molecular weight is 379 g/mol. The molecule has 104 valence electrons. The van der Waals surface area contributed by atoms with Gasteiger partial charge in [0.2, 0.25) is 5.82 Å². The van der Waals surface area contributed by atoms with Gasteiger partial charge in [0.05, 0.1) is 5.02 Å². The Bertz CT molecular complexity index is 696. The molecular weight excluding hydrogens is 372 g/mol. The molecule has 0 aromatic heterocycles. The normalized spacial score (nSPS) is 10.4. The van der Waals surface area contributed by atoms with Crippen LogP contribution in [0, 0.1) is 11.6 Å². The lowest BCUT2D eigenvalue weighted by molar-refractivity contribution is 0.415. The Balaban J connectivity index is 2.36. The number of hydrogen-bond donors (Lipinski definition) is 1. The molecule has 7 heteroatoms. The standard InChI is InChI=1S/C13H7BrClF2NOS/c14-6-3-10(16)12(17)11(4-6)19-7-1-2-8(13(18)20)9(15)5-7/h1-5H,(H2,18,20). The minimum Gasteiger partial charge on any atom is -0.454 e. The Morgan fingerprint density at radius 1 is 1.25 bits per heavy atom. The fourth-order valence-electron chi connectivity index (χ4n) is 1.49. The van der Waals surface area contributed by atoms with E-state index in [-0.39, 0.29) is 21.5 Å². The Morgan fingerprint density at radius 2 is 1.95 bits per heavy atom. The summed E-state index contributed by atoms with van der Waals surface area (Å²) in [5.74, 6) is -2.11. The maximum Gasteiger partial charge on any atom is 0.201 e. The van der Waals surface area contributed by atoms with Crippen LogP contribution in [-0.4, -0.2) is 4.99 Å². The lowest BCUT2D eigenvalue weighted by Crippen LogP contribution is -2.09. The molecule has 20 heavy (non-hydrogen) atoms. The fourth-order valence-corrected chi connectivity index (χ4v) is 2.41. The molecule has 0 spiro atoms. The van der Waals surface area contributed by atoms with Gasteiger partial charge in [-0.05, 0) is 24.3 Å². The third kappa shape index (κ3) is 3.26. The Hall–Kier alpha value is -1.24. The van der Waals surface area contributed by atoms with Crippen LogP contribution < -0.4 is 10.5 Å². The molecule has 0 aliphatic heterocycles. The monoisotopic (exact) mass is 377 g/mol. The Labute approximate surface area is 132 Å². The summed E-state index contributed by atoms with van der Waals surface area (Å²) >= 11 is 13.8. The summed E-state index contributed by atoms with van der Waals surface area (Å²) in [6.07, 6.45) is 0. The molecule has 0 unspecified atom stereocenters. The molecule has 0 heterocycles. The largest absolute Gasteiger partial charge is 0.454 e. The zero-order valence-electron chi connectivity index (χ0n) is 9.79. The molecule has 0 aliphatic carbocycles. The maximum absolute atomic E-state index is 13.6. The fraction of sp³-hybridized carbons (Fsp3) is 0. The zero-order chi connectivity index (χ0) is 14.9. The van der Waals surface area contributed by atoms with Crippen molar-refractivity contribution in [1.82, 2.24) is 0 Å². The number of thiocarbonyl (C=S) groups is 1. The third-order valence-electron chi connectivity index (χ3n) is 2.39. The van der Waals surface area contributed by atoms with E-state index in [0.29, 0.717) is 10.0 Å². The van der Waals surface area contributed by atoms with Crippen LogP contribution in [0.4, 0.5) is 8.78 Å². The van der Waals surface area contributed by atoms with E-state index >= 15 is 0 Å². The van der Waals surface area contributed by atoms with Crippen LogP contribution in [0.5, 0.6) is 11.5 Å². The number of nitrogens with two attached hydrogens (primary N) is 1. The molecule has 0 bridgehead atoms. The summed E-state index contributed by atoms with van der Waals surface area (Å²) in [6.45, 7) is 0. The molecule has 0 saturated carbocycles. The van der Waals surface area contributed by atoms with E-state index in [2.05, 4.69) is 15.9 Å². The van der Waals surface area contributed by atoms with Crippen molar-refractivity contribution in [3.05, 3.63) is 57.0 Å². The summed E-state index contributed by atoms with van der Waals surface area (Å²) in [5.41, 5.74) is 5.95. The lowest BCUT2D eigenvalue weighted by Gasteiger charge is -2.09. The van der Waals surface area contributed by atoms with Crippen LogP contribution in [0.3, 0.4) is 0 Å². The van der Waals surface area contributed by atoms with Crippen LogP contribution in [0.2, 0.25) is 5.02 Å². The van der Waals surface area contributed by atoms with E-state index < -0.39 is 11.6 Å². The van der Waals surface area contributed by atoms with Gasteiger partial charge in [0.1, 0.15) is 10.7 Å². The van der Waals surface area contributed by atoms with Crippen LogP contribution in [-0.2, 0) is 0 Å². The molecule has 2 aromatic carbocycles. The summed E-state index contributed by atoms with van der Waals surface area (Å²) in [7, 11) is 0. The predicted molar refractivity (Wildman–Crippen MR) is 81.5 cm³/mol. The number of halogens is 4. The van der Waals surface area contributed by atoms with Gasteiger partial charge in [-0.15, -0.1) is 0 Å². The van der Waals surface area contributed by atoms with Crippen molar-refractivity contribution in [3.63, 3.8) is 0 Å². The summed E-state index contributed by atoms with van der Waals surface area (Å²) in [4.78, 5) is 0.140. The first-order chi connectivity index (χ1) is 9.38. The van der Waals surface area contributed by atoms with Crippen molar-refractivity contribution >= 4 is 44.7 Å². The Kier molecular flexibility index (Phi) is 4.57. The van der Waals surface area contributed by atoms with E-state index in [4.69, 9.17) is 34.3 Å². The van der Waals surface area contributed by atoms with Crippen molar-refractivity contribution < 1.29 is 13.5 Å². The number of ether oxygens (including phenoxy) is 1. The summed E-state index contributed by atoms with van der Waals surface area (Å²) < 4.78 is 32.5. The topological polar surface area (TPSA) is 35.2 Å². The second-order valence-electron chi connectivity index (χ2n) is 3.81. The molecule has 0 radical (unpaired) electrons. The van der Waals surface area contributed by atoms with Crippen molar-refractivity contribution in [1.29, 1.82) is 0 Å². The zero-order valence-corrected chi connectivity index (χ0v) is 13.0. The highest BCUT2D eigenvalue weighted by Crippen LogP contribution is 2.31. The second kappa shape index (κ2) is 6.03. The molecule has 2 rings (SSSR count). The van der Waals surface area contributed by atoms with Gasteiger partial charge in [0.25, 0.3) is 0 Å². The van der Waals surface area contributed by atoms with Crippen molar-refractivity contribution in [3.8, 4) is 11.5 Å². The first-order valence-corrected chi connectivity index (χ1v) is 6.88. The van der Waals surface area contributed by atoms with Gasteiger partial charge in [-0.25, -0.2) is 4.39 Å². The van der Waals surface area contributed by atoms with Gasteiger partial charge in [-0.3, -0.25) is 0 Å². The van der Waals surface area contributed by atoms with E-state index in [1.807, 2.05) is 0 Å². The molecular formula is C13H7BrClF2NOS. The SMILES string of the molecule is NC(=S)c1ccc(Oc2cc(Br)cc(F)c2F)cc1Cl. The van der Waals surface area contributed by atoms with Gasteiger partial charge >= 0.3 is 0 Å². The summed E-state index contributed by atoms with van der Waals surface area (Å²) in [6, 6.07) is 6.80. The molecule has 2 nitrogen and oxygen atoms in total.